The molecule has 1 heterocycles. The summed E-state index contributed by atoms with van der Waals surface area (Å²) in [6, 6.07) is 10.4. The van der Waals surface area contributed by atoms with Crippen molar-refractivity contribution in [3.63, 3.8) is 0 Å². The molecule has 168 valence electrons. The SMILES string of the molecule is CCOC(=O)COc1cc(Br)c(/C=N/NC(=O)c2cc3cc(Br)ccc3o2)cc1OCC. The van der Waals surface area contributed by atoms with Crippen molar-refractivity contribution < 1.29 is 28.2 Å². The first-order valence-electron chi connectivity index (χ1n) is 9.68. The summed E-state index contributed by atoms with van der Waals surface area (Å²) >= 11 is 6.82. The molecule has 32 heavy (non-hydrogen) atoms. The predicted molar refractivity (Wildman–Crippen MR) is 126 cm³/mol. The molecule has 3 aromatic rings. The van der Waals surface area contributed by atoms with Crippen molar-refractivity contribution in [1.82, 2.24) is 5.43 Å². The average Bonchev–Trinajstić information content (AvgIpc) is 3.18. The second kappa shape index (κ2) is 11.1. The smallest absolute Gasteiger partial charge is 0.344 e. The highest BCUT2D eigenvalue weighted by Gasteiger charge is 2.14. The quantitative estimate of drug-likeness (QED) is 0.220. The van der Waals surface area contributed by atoms with Gasteiger partial charge in [-0.3, -0.25) is 4.79 Å². The molecule has 0 saturated carbocycles. The summed E-state index contributed by atoms with van der Waals surface area (Å²) in [5.74, 6) is -0.00875. The molecule has 0 aliphatic carbocycles. The van der Waals surface area contributed by atoms with Crippen molar-refractivity contribution in [3.8, 4) is 11.5 Å². The average molecular weight is 568 g/mol. The normalized spacial score (nSPS) is 11.0. The van der Waals surface area contributed by atoms with Crippen LogP contribution in [-0.4, -0.2) is 37.9 Å². The minimum Gasteiger partial charge on any atom is -0.490 e. The number of amides is 1. The minimum absolute atomic E-state index is 0.145. The van der Waals surface area contributed by atoms with Gasteiger partial charge < -0.3 is 18.6 Å². The molecular formula is C22H20Br2N2O6. The molecule has 10 heteroatoms. The van der Waals surface area contributed by atoms with E-state index in [1.165, 1.54) is 6.21 Å². The van der Waals surface area contributed by atoms with Gasteiger partial charge in [0.05, 0.1) is 19.4 Å². The summed E-state index contributed by atoms with van der Waals surface area (Å²) < 4.78 is 23.1. The number of carbonyl (C=O) groups is 2. The maximum absolute atomic E-state index is 12.4. The molecule has 8 nitrogen and oxygen atoms in total. The molecule has 2 aromatic carbocycles. The Hall–Kier alpha value is -2.85. The number of hydrogen-bond acceptors (Lipinski definition) is 7. The number of carbonyl (C=O) groups excluding carboxylic acids is 2. The lowest BCUT2D eigenvalue weighted by molar-refractivity contribution is -0.145. The molecule has 0 bridgehead atoms. The Labute approximate surface area is 201 Å². The number of ether oxygens (including phenoxy) is 3. The van der Waals surface area contributed by atoms with Crippen LogP contribution in [0.2, 0.25) is 0 Å². The first-order valence-corrected chi connectivity index (χ1v) is 11.3. The maximum Gasteiger partial charge on any atom is 0.344 e. The van der Waals surface area contributed by atoms with E-state index in [2.05, 4.69) is 42.4 Å². The molecule has 1 aromatic heterocycles. The van der Waals surface area contributed by atoms with Gasteiger partial charge in [-0.15, -0.1) is 0 Å². The zero-order valence-electron chi connectivity index (χ0n) is 17.3. The van der Waals surface area contributed by atoms with Gasteiger partial charge in [0, 0.05) is 19.9 Å². The Morgan fingerprint density at radius 3 is 2.59 bits per heavy atom. The van der Waals surface area contributed by atoms with Crippen molar-refractivity contribution in [2.45, 2.75) is 13.8 Å². The van der Waals surface area contributed by atoms with E-state index in [0.29, 0.717) is 33.7 Å². The molecular weight excluding hydrogens is 548 g/mol. The van der Waals surface area contributed by atoms with E-state index in [4.69, 9.17) is 18.6 Å². The topological polar surface area (TPSA) is 99.4 Å². The van der Waals surface area contributed by atoms with Gasteiger partial charge in [-0.2, -0.15) is 5.10 Å². The van der Waals surface area contributed by atoms with E-state index < -0.39 is 11.9 Å². The van der Waals surface area contributed by atoms with Gasteiger partial charge in [0.1, 0.15) is 5.58 Å². The lowest BCUT2D eigenvalue weighted by atomic mass is 10.2. The largest absolute Gasteiger partial charge is 0.490 e. The molecule has 1 amide bonds. The molecule has 0 aliphatic rings. The number of benzene rings is 2. The van der Waals surface area contributed by atoms with Crippen LogP contribution >= 0.6 is 31.9 Å². The number of nitrogens with zero attached hydrogens (tertiary/aromatic N) is 1. The standard InChI is InChI=1S/C22H20Br2N2O6/c1-3-29-18-9-14(16(24)10-19(18)31-12-21(27)30-4-2)11-25-26-22(28)20-8-13-7-15(23)5-6-17(13)32-20/h5-11H,3-4,12H2,1-2H3,(H,26,28)/b25-11+. The van der Waals surface area contributed by atoms with Crippen LogP contribution < -0.4 is 14.9 Å². The fraction of sp³-hybridized carbons (Fsp3) is 0.227. The summed E-state index contributed by atoms with van der Waals surface area (Å²) in [5.41, 5.74) is 3.67. The van der Waals surface area contributed by atoms with E-state index >= 15 is 0 Å². The zero-order valence-corrected chi connectivity index (χ0v) is 20.5. The number of fused-ring (bicyclic) bond motifs is 1. The van der Waals surface area contributed by atoms with Crippen LogP contribution in [-0.2, 0) is 9.53 Å². The highest BCUT2D eigenvalue weighted by atomic mass is 79.9. The zero-order chi connectivity index (χ0) is 23.1. The first kappa shape index (κ1) is 23.8. The molecule has 0 spiro atoms. The summed E-state index contributed by atoms with van der Waals surface area (Å²) in [6.45, 7) is 3.99. The van der Waals surface area contributed by atoms with E-state index in [1.54, 1.807) is 31.2 Å². The number of hydrazone groups is 1. The molecule has 0 saturated heterocycles. The monoisotopic (exact) mass is 566 g/mol. The van der Waals surface area contributed by atoms with E-state index in [1.807, 2.05) is 19.1 Å². The van der Waals surface area contributed by atoms with Crippen LogP contribution in [0.3, 0.4) is 0 Å². The van der Waals surface area contributed by atoms with Crippen molar-refractivity contribution in [3.05, 3.63) is 56.7 Å². The Morgan fingerprint density at radius 1 is 1.06 bits per heavy atom. The number of nitrogens with one attached hydrogen (secondary N) is 1. The Balaban J connectivity index is 1.71. The van der Waals surface area contributed by atoms with Crippen molar-refractivity contribution in [2.24, 2.45) is 5.10 Å². The van der Waals surface area contributed by atoms with Crippen molar-refractivity contribution in [1.29, 1.82) is 0 Å². The molecule has 0 atom stereocenters. The minimum atomic E-state index is -0.482. The second-order valence-electron chi connectivity index (χ2n) is 6.34. The van der Waals surface area contributed by atoms with Gasteiger partial charge in [0.15, 0.2) is 23.9 Å². The fourth-order valence-corrected chi connectivity index (χ4v) is 3.52. The Bertz CT molecular complexity index is 1160. The number of halogens is 2. The Morgan fingerprint density at radius 2 is 1.84 bits per heavy atom. The number of esters is 1. The fourth-order valence-electron chi connectivity index (χ4n) is 2.71. The van der Waals surface area contributed by atoms with Crippen molar-refractivity contribution >= 4 is 60.9 Å². The summed E-state index contributed by atoms with van der Waals surface area (Å²) in [6.07, 6.45) is 1.46. The van der Waals surface area contributed by atoms with E-state index in [0.717, 1.165) is 9.86 Å². The van der Waals surface area contributed by atoms with Gasteiger partial charge in [-0.05, 0) is 66.2 Å². The highest BCUT2D eigenvalue weighted by Crippen LogP contribution is 2.33. The summed E-state index contributed by atoms with van der Waals surface area (Å²) in [7, 11) is 0. The molecule has 0 aliphatic heterocycles. The van der Waals surface area contributed by atoms with Gasteiger partial charge in [0.25, 0.3) is 0 Å². The van der Waals surface area contributed by atoms with E-state index in [-0.39, 0.29) is 19.0 Å². The number of hydrogen-bond donors (Lipinski definition) is 1. The molecule has 1 N–H and O–H groups in total. The first-order chi connectivity index (χ1) is 15.4. The van der Waals surface area contributed by atoms with Crippen LogP contribution in [0.1, 0.15) is 30.0 Å². The number of furan rings is 1. The van der Waals surface area contributed by atoms with Crippen LogP contribution in [0, 0.1) is 0 Å². The third-order valence-corrected chi connectivity index (χ3v) is 5.27. The van der Waals surface area contributed by atoms with E-state index in [9.17, 15) is 9.59 Å². The lowest BCUT2D eigenvalue weighted by Crippen LogP contribution is -2.17. The number of rotatable bonds is 9. The third-order valence-electron chi connectivity index (χ3n) is 4.09. The van der Waals surface area contributed by atoms with Crippen molar-refractivity contribution in [2.75, 3.05) is 19.8 Å². The molecule has 0 radical (unpaired) electrons. The van der Waals surface area contributed by atoms with Gasteiger partial charge in [-0.25, -0.2) is 10.2 Å². The summed E-state index contributed by atoms with van der Waals surface area (Å²) in [5, 5.41) is 4.80. The summed E-state index contributed by atoms with van der Waals surface area (Å²) in [4.78, 5) is 23.9. The van der Waals surface area contributed by atoms with Gasteiger partial charge in [0.2, 0.25) is 0 Å². The second-order valence-corrected chi connectivity index (χ2v) is 8.11. The van der Waals surface area contributed by atoms with Gasteiger partial charge in [-0.1, -0.05) is 15.9 Å². The Kier molecular flexibility index (Phi) is 8.29. The highest BCUT2D eigenvalue weighted by molar-refractivity contribution is 9.10. The van der Waals surface area contributed by atoms with Gasteiger partial charge >= 0.3 is 11.9 Å². The molecule has 3 rings (SSSR count). The van der Waals surface area contributed by atoms with Crippen LogP contribution in [0.25, 0.3) is 11.0 Å². The maximum atomic E-state index is 12.4. The van der Waals surface area contributed by atoms with Crippen LogP contribution in [0.15, 0.2) is 54.9 Å². The third kappa shape index (κ3) is 6.10. The van der Waals surface area contributed by atoms with Crippen LogP contribution in [0.5, 0.6) is 11.5 Å². The molecule has 0 unspecified atom stereocenters. The lowest BCUT2D eigenvalue weighted by Gasteiger charge is -2.13. The predicted octanol–water partition coefficient (Wildman–Crippen LogP) is 5.06. The van der Waals surface area contributed by atoms with Crippen LogP contribution in [0.4, 0.5) is 0 Å². The molecule has 0 fully saturated rings.